The predicted octanol–water partition coefficient (Wildman–Crippen LogP) is 11.0. The lowest BCUT2D eigenvalue weighted by molar-refractivity contribution is -0.146. The molecule has 0 amide bonds. The van der Waals surface area contributed by atoms with Crippen molar-refractivity contribution in [3.63, 3.8) is 0 Å². The van der Waals surface area contributed by atoms with Crippen molar-refractivity contribution < 1.29 is 61.8 Å². The number of carboxylic acids is 3. The SMILES string of the molecule is Cc1ccc(OC(CCCOCc2ccccc2)C(=O)O)cc1.Cc1ccc(OC(CCOCC=Cc2ccccc2)C(=O)O)cc1.Cc1ccc(S(=O)(=O)C(CCCOCc2ccccc2)C(=O)O)cc1. The normalized spacial score (nSPS) is 12.3. The van der Waals surface area contributed by atoms with E-state index in [1.807, 2.05) is 148 Å². The summed E-state index contributed by atoms with van der Waals surface area (Å²) in [6, 6.07) is 50.3. The molecule has 6 rings (SSSR count). The molecular formula is C58H66O13S. The molecule has 3 N–H and O–H groups in total. The molecule has 0 spiro atoms. The number of sulfone groups is 1. The zero-order valence-corrected chi connectivity index (χ0v) is 41.9. The summed E-state index contributed by atoms with van der Waals surface area (Å²) in [5.74, 6) is -2.14. The smallest absolute Gasteiger partial charge is 0.344 e. The van der Waals surface area contributed by atoms with Crippen molar-refractivity contribution >= 4 is 33.8 Å². The summed E-state index contributed by atoms with van der Waals surface area (Å²) in [7, 11) is -3.91. The van der Waals surface area contributed by atoms with Gasteiger partial charge in [0.25, 0.3) is 0 Å². The van der Waals surface area contributed by atoms with Gasteiger partial charge in [0.15, 0.2) is 27.3 Å². The second kappa shape index (κ2) is 32.0. The lowest BCUT2D eigenvalue weighted by Gasteiger charge is -2.15. The van der Waals surface area contributed by atoms with Gasteiger partial charge in [0.05, 0.1) is 31.3 Å². The molecule has 0 fully saturated rings. The van der Waals surface area contributed by atoms with Crippen molar-refractivity contribution in [3.05, 3.63) is 203 Å². The summed E-state index contributed by atoms with van der Waals surface area (Å²) in [6.45, 7) is 8.32. The van der Waals surface area contributed by atoms with Crippen molar-refractivity contribution in [2.24, 2.45) is 0 Å². The average Bonchev–Trinajstić information content (AvgIpc) is 3.37. The first-order valence-electron chi connectivity index (χ1n) is 23.7. The van der Waals surface area contributed by atoms with Gasteiger partial charge in [-0.15, -0.1) is 0 Å². The largest absolute Gasteiger partial charge is 0.480 e. The van der Waals surface area contributed by atoms with E-state index in [0.29, 0.717) is 76.8 Å². The maximum atomic E-state index is 12.5. The van der Waals surface area contributed by atoms with Gasteiger partial charge >= 0.3 is 17.9 Å². The van der Waals surface area contributed by atoms with E-state index in [0.717, 1.165) is 33.4 Å². The van der Waals surface area contributed by atoms with E-state index in [4.69, 9.17) is 23.7 Å². The molecular weight excluding hydrogens is 937 g/mol. The van der Waals surface area contributed by atoms with Gasteiger partial charge in [0.1, 0.15) is 11.5 Å². The molecule has 72 heavy (non-hydrogen) atoms. The van der Waals surface area contributed by atoms with Crippen molar-refractivity contribution in [2.45, 2.75) is 88.4 Å². The van der Waals surface area contributed by atoms with Crippen LogP contribution >= 0.6 is 0 Å². The molecule has 0 aromatic heterocycles. The number of ether oxygens (including phenoxy) is 5. The molecule has 14 heteroatoms. The van der Waals surface area contributed by atoms with Gasteiger partial charge in [-0.1, -0.05) is 156 Å². The molecule has 0 radical (unpaired) electrons. The Labute approximate surface area is 423 Å². The lowest BCUT2D eigenvalue weighted by atomic mass is 10.2. The Kier molecular flexibility index (Phi) is 25.5. The minimum atomic E-state index is -3.91. The van der Waals surface area contributed by atoms with E-state index in [1.165, 1.54) is 12.1 Å². The Morgan fingerprint density at radius 2 is 0.903 bits per heavy atom. The molecule has 13 nitrogen and oxygen atoms in total. The van der Waals surface area contributed by atoms with Crippen LogP contribution in [0.25, 0.3) is 6.08 Å². The van der Waals surface area contributed by atoms with Crippen molar-refractivity contribution in [1.82, 2.24) is 0 Å². The molecule has 0 bridgehead atoms. The lowest BCUT2D eigenvalue weighted by Crippen LogP contribution is -2.30. The van der Waals surface area contributed by atoms with Crippen LogP contribution in [0, 0.1) is 20.8 Å². The summed E-state index contributed by atoms with van der Waals surface area (Å²) in [5.41, 5.74) is 6.36. The zero-order valence-electron chi connectivity index (χ0n) is 41.1. The summed E-state index contributed by atoms with van der Waals surface area (Å²) < 4.78 is 52.7. The fraction of sp³-hybridized carbons (Fsp3) is 0.293. The van der Waals surface area contributed by atoms with E-state index < -0.39 is 45.2 Å². The van der Waals surface area contributed by atoms with Gasteiger partial charge in [-0.05, 0) is 99.5 Å². The number of aryl methyl sites for hydroxylation is 3. The minimum Gasteiger partial charge on any atom is -0.480 e. The van der Waals surface area contributed by atoms with Crippen LogP contribution in [-0.4, -0.2) is 85.5 Å². The molecule has 0 heterocycles. The number of rotatable bonds is 27. The minimum absolute atomic E-state index is 0.0142. The molecule has 6 aromatic carbocycles. The van der Waals surface area contributed by atoms with Crippen LogP contribution in [0.15, 0.2) is 175 Å². The molecule has 0 saturated carbocycles. The highest BCUT2D eigenvalue weighted by atomic mass is 32.2. The monoisotopic (exact) mass is 1000 g/mol. The van der Waals surface area contributed by atoms with Crippen molar-refractivity contribution in [1.29, 1.82) is 0 Å². The number of hydrogen-bond acceptors (Lipinski definition) is 10. The summed E-state index contributed by atoms with van der Waals surface area (Å²) in [5, 5.41) is 26.4. The highest BCUT2D eigenvalue weighted by molar-refractivity contribution is 7.92. The number of carboxylic acid groups (broad SMARTS) is 3. The third-order valence-electron chi connectivity index (χ3n) is 10.7. The highest BCUT2D eigenvalue weighted by Gasteiger charge is 2.33. The van der Waals surface area contributed by atoms with Gasteiger partial charge in [-0.25, -0.2) is 18.0 Å². The first-order chi connectivity index (χ1) is 34.7. The molecule has 382 valence electrons. The van der Waals surface area contributed by atoms with E-state index in [1.54, 1.807) is 36.4 Å². The number of benzene rings is 6. The average molecular weight is 1000 g/mol. The number of carbonyl (C=O) groups is 3. The van der Waals surface area contributed by atoms with Crippen molar-refractivity contribution in [2.75, 3.05) is 26.4 Å². The molecule has 3 unspecified atom stereocenters. The molecule has 3 atom stereocenters. The Morgan fingerprint density at radius 3 is 1.35 bits per heavy atom. The topological polar surface area (TPSA) is 192 Å². The molecule has 6 aromatic rings. The predicted molar refractivity (Wildman–Crippen MR) is 278 cm³/mol. The third kappa shape index (κ3) is 22.3. The van der Waals surface area contributed by atoms with Crippen LogP contribution < -0.4 is 9.47 Å². The molecule has 0 aliphatic carbocycles. The van der Waals surface area contributed by atoms with Gasteiger partial charge in [-0.2, -0.15) is 0 Å². The molecule has 0 saturated heterocycles. The van der Waals surface area contributed by atoms with E-state index >= 15 is 0 Å². The Hall–Kier alpha value is -7.10. The van der Waals surface area contributed by atoms with Crippen LogP contribution in [0.5, 0.6) is 11.5 Å². The van der Waals surface area contributed by atoms with Gasteiger partial charge in [0.2, 0.25) is 0 Å². The maximum Gasteiger partial charge on any atom is 0.344 e. The first kappa shape index (κ1) is 57.5. The van der Waals surface area contributed by atoms with Gasteiger partial charge in [-0.3, -0.25) is 4.79 Å². The van der Waals surface area contributed by atoms with Gasteiger partial charge in [0, 0.05) is 19.6 Å². The fourth-order valence-electron chi connectivity index (χ4n) is 6.69. The number of hydrogen-bond donors (Lipinski definition) is 3. The fourth-order valence-corrected chi connectivity index (χ4v) is 8.28. The second-order valence-electron chi connectivity index (χ2n) is 16.7. The summed E-state index contributed by atoms with van der Waals surface area (Å²) in [6.07, 6.45) is 3.83. The second-order valence-corrected chi connectivity index (χ2v) is 18.9. The Balaban J connectivity index is 0.000000235. The van der Waals surface area contributed by atoms with Crippen LogP contribution in [0.3, 0.4) is 0 Å². The Bertz CT molecular complexity index is 2610. The first-order valence-corrected chi connectivity index (χ1v) is 25.2. The van der Waals surface area contributed by atoms with Crippen LogP contribution in [-0.2, 0) is 51.6 Å². The third-order valence-corrected chi connectivity index (χ3v) is 12.8. The Morgan fingerprint density at radius 1 is 0.486 bits per heavy atom. The highest BCUT2D eigenvalue weighted by Crippen LogP contribution is 2.21. The van der Waals surface area contributed by atoms with E-state index in [-0.39, 0.29) is 11.3 Å². The number of aliphatic carboxylic acids is 3. The van der Waals surface area contributed by atoms with Crippen LogP contribution in [0.4, 0.5) is 0 Å². The van der Waals surface area contributed by atoms with Crippen molar-refractivity contribution in [3.8, 4) is 11.5 Å². The van der Waals surface area contributed by atoms with E-state index in [9.17, 15) is 38.1 Å². The van der Waals surface area contributed by atoms with Gasteiger partial charge < -0.3 is 39.0 Å². The standard InChI is InChI=1S/C20H22O4.C19H22O5S.C19H22O4/c1-16-9-11-18(12-10-16)24-19(20(21)22)13-15-23-14-5-8-17-6-3-2-4-7-17;1-15-9-11-17(12-10-15)25(22,23)18(19(20)21)8-5-13-24-14-16-6-3-2-4-7-16;1-15-9-11-17(12-10-15)23-18(19(20)21)8-5-13-22-14-16-6-3-2-4-7-16/h2-12,19H,13-15H2,1H3,(H,21,22);2-4,6-7,9-12,18H,5,8,13-14H2,1H3,(H,20,21);2-4,6-7,9-12,18H,5,8,13-14H2,1H3,(H,20,21). The van der Waals surface area contributed by atoms with Crippen LogP contribution in [0.2, 0.25) is 0 Å². The summed E-state index contributed by atoms with van der Waals surface area (Å²) >= 11 is 0. The van der Waals surface area contributed by atoms with E-state index in [2.05, 4.69) is 0 Å². The molecule has 0 aliphatic rings. The maximum absolute atomic E-state index is 12.5. The molecule has 0 aliphatic heterocycles. The summed E-state index contributed by atoms with van der Waals surface area (Å²) in [4.78, 5) is 34.1. The quantitative estimate of drug-likeness (QED) is 0.0413. The zero-order chi connectivity index (χ0) is 52.0. The van der Waals surface area contributed by atoms with Crippen LogP contribution in [0.1, 0.15) is 65.5 Å².